The minimum Gasteiger partial charge on any atom is -0.359 e. The molecule has 0 spiro atoms. The van der Waals surface area contributed by atoms with Crippen molar-refractivity contribution in [1.29, 1.82) is 0 Å². The maximum atomic E-state index is 13.2. The third-order valence-electron chi connectivity index (χ3n) is 6.07. The van der Waals surface area contributed by atoms with Crippen molar-refractivity contribution in [3.05, 3.63) is 82.2 Å². The average molecular weight is 455 g/mol. The van der Waals surface area contributed by atoms with E-state index < -0.39 is 6.03 Å². The second-order valence-electron chi connectivity index (χ2n) is 9.67. The SMILES string of the molecule is Cc1cccc2[nH]c(C(=O)C3=Cc4cccc(NC(=O)Nc5cc(C(C)(C)C)on5)c4C3)cc12. The largest absolute Gasteiger partial charge is 0.359 e. The van der Waals surface area contributed by atoms with Crippen LogP contribution in [0.2, 0.25) is 0 Å². The van der Waals surface area contributed by atoms with E-state index >= 15 is 0 Å². The van der Waals surface area contributed by atoms with Crippen molar-refractivity contribution >= 4 is 40.3 Å². The molecule has 0 saturated heterocycles. The Labute approximate surface area is 197 Å². The van der Waals surface area contributed by atoms with Gasteiger partial charge in [-0.2, -0.15) is 0 Å². The number of H-pyrrole nitrogens is 1. The van der Waals surface area contributed by atoms with E-state index in [4.69, 9.17) is 4.52 Å². The molecule has 1 aliphatic carbocycles. The number of nitrogens with zero attached hydrogens (tertiary/aromatic N) is 1. The van der Waals surface area contributed by atoms with Gasteiger partial charge >= 0.3 is 6.03 Å². The molecule has 3 N–H and O–H groups in total. The number of amides is 2. The number of hydrogen-bond donors (Lipinski definition) is 3. The van der Waals surface area contributed by atoms with Gasteiger partial charge in [-0.1, -0.05) is 50.2 Å². The molecule has 0 atom stereocenters. The number of Topliss-reactive ketones (excluding diaryl/α,β-unsaturated/α-hetero) is 1. The number of fused-ring (bicyclic) bond motifs is 2. The summed E-state index contributed by atoms with van der Waals surface area (Å²) >= 11 is 0. The number of rotatable bonds is 4. The lowest BCUT2D eigenvalue weighted by Crippen LogP contribution is -2.20. The molecule has 7 heteroatoms. The highest BCUT2D eigenvalue weighted by Crippen LogP contribution is 2.33. The Bertz CT molecular complexity index is 1470. The van der Waals surface area contributed by atoms with Gasteiger partial charge in [0.1, 0.15) is 5.76 Å². The molecule has 1 aliphatic rings. The highest BCUT2D eigenvalue weighted by Gasteiger charge is 2.24. The summed E-state index contributed by atoms with van der Waals surface area (Å²) in [6, 6.07) is 14.8. The topological polar surface area (TPSA) is 100 Å². The van der Waals surface area contributed by atoms with Crippen molar-refractivity contribution < 1.29 is 14.1 Å². The number of benzene rings is 2. The summed E-state index contributed by atoms with van der Waals surface area (Å²) in [6.07, 6.45) is 2.34. The van der Waals surface area contributed by atoms with Crippen molar-refractivity contribution in [3.8, 4) is 0 Å². The number of carbonyl (C=O) groups is 2. The van der Waals surface area contributed by atoms with E-state index in [1.807, 2.05) is 76.2 Å². The first-order valence-electron chi connectivity index (χ1n) is 11.2. The Hall–Kier alpha value is -4.13. The molecule has 7 nitrogen and oxygen atoms in total. The number of anilines is 2. The second-order valence-corrected chi connectivity index (χ2v) is 9.67. The van der Waals surface area contributed by atoms with Crippen molar-refractivity contribution in [2.45, 2.75) is 39.5 Å². The van der Waals surface area contributed by atoms with Crippen LogP contribution in [0.1, 0.15) is 53.7 Å². The number of aryl methyl sites for hydroxylation is 1. The molecule has 0 bridgehead atoms. The minimum absolute atomic E-state index is 0.0421. The summed E-state index contributed by atoms with van der Waals surface area (Å²) < 4.78 is 5.32. The highest BCUT2D eigenvalue weighted by molar-refractivity contribution is 6.14. The van der Waals surface area contributed by atoms with Gasteiger partial charge in [0.05, 0.1) is 5.69 Å². The molecule has 2 amide bonds. The van der Waals surface area contributed by atoms with Gasteiger partial charge < -0.3 is 14.8 Å². The molecular weight excluding hydrogens is 428 g/mol. The van der Waals surface area contributed by atoms with Gasteiger partial charge in [0.2, 0.25) is 5.78 Å². The minimum atomic E-state index is -0.423. The van der Waals surface area contributed by atoms with Crippen LogP contribution in [-0.2, 0) is 11.8 Å². The van der Waals surface area contributed by atoms with E-state index in [1.165, 1.54) is 0 Å². The number of aromatic amines is 1. The van der Waals surface area contributed by atoms with Crippen molar-refractivity contribution in [3.63, 3.8) is 0 Å². The number of aromatic nitrogens is 2. The number of allylic oxidation sites excluding steroid dienone is 1. The molecule has 0 radical (unpaired) electrons. The van der Waals surface area contributed by atoms with Crippen LogP contribution < -0.4 is 10.6 Å². The van der Waals surface area contributed by atoms with E-state index in [0.717, 1.165) is 27.6 Å². The predicted octanol–water partition coefficient (Wildman–Crippen LogP) is 6.23. The van der Waals surface area contributed by atoms with E-state index in [2.05, 4.69) is 20.8 Å². The van der Waals surface area contributed by atoms with Crippen LogP contribution >= 0.6 is 0 Å². The fourth-order valence-corrected chi connectivity index (χ4v) is 4.19. The van der Waals surface area contributed by atoms with Crippen molar-refractivity contribution in [2.24, 2.45) is 0 Å². The van der Waals surface area contributed by atoms with Crippen LogP contribution in [0.15, 0.2) is 58.6 Å². The standard InChI is InChI=1S/C27H26N4O3/c1-15-7-5-9-20-18(15)13-22(28-20)25(32)17-11-16-8-6-10-21(19(16)12-17)29-26(33)30-24-14-23(34-31-24)27(2,3)4/h5-11,13-14,28H,12H2,1-4H3,(H2,29,30,31,33). The first-order valence-corrected chi connectivity index (χ1v) is 11.2. The molecule has 2 heterocycles. The van der Waals surface area contributed by atoms with Gasteiger partial charge in [-0.3, -0.25) is 10.1 Å². The van der Waals surface area contributed by atoms with Crippen LogP contribution in [0.4, 0.5) is 16.3 Å². The van der Waals surface area contributed by atoms with E-state index in [1.54, 1.807) is 6.07 Å². The summed E-state index contributed by atoms with van der Waals surface area (Å²) in [5, 5.41) is 10.6. The number of urea groups is 1. The Morgan fingerprint density at radius 3 is 2.59 bits per heavy atom. The average Bonchev–Trinajstić information content (AvgIpc) is 3.51. The Kier molecular flexibility index (Phi) is 5.12. The first-order chi connectivity index (χ1) is 16.2. The first kappa shape index (κ1) is 21.7. The molecular formula is C27H26N4O3. The van der Waals surface area contributed by atoms with Crippen LogP contribution in [0.25, 0.3) is 17.0 Å². The molecule has 0 saturated carbocycles. The molecule has 4 aromatic rings. The molecule has 2 aromatic heterocycles. The smallest absolute Gasteiger partial charge is 0.324 e. The fraction of sp³-hybridized carbons (Fsp3) is 0.222. The number of nitrogens with one attached hydrogen (secondary N) is 3. The van der Waals surface area contributed by atoms with Gasteiger partial charge in [0, 0.05) is 40.1 Å². The highest BCUT2D eigenvalue weighted by atomic mass is 16.5. The zero-order valence-corrected chi connectivity index (χ0v) is 19.6. The third kappa shape index (κ3) is 4.01. The van der Waals surface area contributed by atoms with Crippen LogP contribution in [0, 0.1) is 6.92 Å². The van der Waals surface area contributed by atoms with Gasteiger partial charge in [-0.15, -0.1) is 0 Å². The Balaban J connectivity index is 1.31. The second kappa shape index (κ2) is 8.02. The van der Waals surface area contributed by atoms with Crippen LogP contribution in [0.3, 0.4) is 0 Å². The van der Waals surface area contributed by atoms with Crippen LogP contribution in [0.5, 0.6) is 0 Å². The predicted molar refractivity (Wildman–Crippen MR) is 133 cm³/mol. The number of carbonyl (C=O) groups excluding carboxylic acids is 2. The van der Waals surface area contributed by atoms with Gasteiger partial charge in [-0.05, 0) is 47.9 Å². The fourth-order valence-electron chi connectivity index (χ4n) is 4.19. The molecule has 0 aliphatic heterocycles. The molecule has 172 valence electrons. The molecule has 2 aromatic carbocycles. The van der Waals surface area contributed by atoms with Gasteiger partial charge in [-0.25, -0.2) is 4.79 Å². The quantitative estimate of drug-likeness (QED) is 0.318. The van der Waals surface area contributed by atoms with Gasteiger partial charge in [0.25, 0.3) is 0 Å². The van der Waals surface area contributed by atoms with Crippen LogP contribution in [-0.4, -0.2) is 22.0 Å². The van der Waals surface area contributed by atoms with Crippen molar-refractivity contribution in [2.75, 3.05) is 10.6 Å². The lowest BCUT2D eigenvalue weighted by molar-refractivity contribution is 0.103. The Morgan fingerprint density at radius 2 is 1.85 bits per heavy atom. The van der Waals surface area contributed by atoms with E-state index in [-0.39, 0.29) is 11.2 Å². The summed E-state index contributed by atoms with van der Waals surface area (Å²) in [4.78, 5) is 29.1. The number of ketones is 1. The third-order valence-corrected chi connectivity index (χ3v) is 6.07. The monoisotopic (exact) mass is 454 g/mol. The number of hydrogen-bond acceptors (Lipinski definition) is 4. The molecule has 0 unspecified atom stereocenters. The molecule has 5 rings (SSSR count). The van der Waals surface area contributed by atoms with E-state index in [9.17, 15) is 9.59 Å². The lowest BCUT2D eigenvalue weighted by atomic mass is 9.93. The molecule has 0 fully saturated rings. The molecule has 34 heavy (non-hydrogen) atoms. The van der Waals surface area contributed by atoms with Gasteiger partial charge in [0.15, 0.2) is 5.82 Å². The summed E-state index contributed by atoms with van der Waals surface area (Å²) in [5.41, 5.74) is 5.59. The maximum Gasteiger partial charge on any atom is 0.324 e. The Morgan fingerprint density at radius 1 is 1.06 bits per heavy atom. The summed E-state index contributed by atoms with van der Waals surface area (Å²) in [6.45, 7) is 8.05. The van der Waals surface area contributed by atoms with Crippen molar-refractivity contribution in [1.82, 2.24) is 10.1 Å². The summed E-state index contributed by atoms with van der Waals surface area (Å²) in [5.74, 6) is 0.987. The maximum absolute atomic E-state index is 13.2. The normalized spacial score (nSPS) is 13.0. The zero-order valence-electron chi connectivity index (χ0n) is 19.6. The summed E-state index contributed by atoms with van der Waals surface area (Å²) in [7, 11) is 0. The lowest BCUT2D eigenvalue weighted by Gasteiger charge is -2.12. The zero-order chi connectivity index (χ0) is 24.0. The van der Waals surface area contributed by atoms with E-state index in [0.29, 0.717) is 35.0 Å².